The third-order valence-corrected chi connectivity index (χ3v) is 4.36. The molecule has 1 aliphatic heterocycles. The molecule has 2 heterocycles. The molecule has 0 saturated heterocycles. The third-order valence-electron chi connectivity index (χ3n) is 4.36. The van der Waals surface area contributed by atoms with Gasteiger partial charge in [0.15, 0.2) is 0 Å². The summed E-state index contributed by atoms with van der Waals surface area (Å²) in [5.41, 5.74) is 6.69. The molecule has 0 saturated carbocycles. The molecule has 4 nitrogen and oxygen atoms in total. The SMILES string of the molecule is Cc1cc(C)cc(-c2c(C(=O)O)[nH]c3c2COc2ccccc2-3)c1. The standard InChI is InChI=1S/C20H17NO3/c1-11-7-12(2)9-13(8-11)17-15-10-24-16-6-4-3-5-14(16)18(15)21-19(17)20(22)23/h3-9,21H,10H2,1-2H3,(H,22,23). The van der Waals surface area contributed by atoms with E-state index in [1.165, 1.54) is 0 Å². The molecule has 0 spiro atoms. The summed E-state index contributed by atoms with van der Waals surface area (Å²) in [5.74, 6) is -0.189. The lowest BCUT2D eigenvalue weighted by atomic mass is 9.94. The number of aromatic amines is 1. The van der Waals surface area contributed by atoms with E-state index in [0.29, 0.717) is 6.61 Å². The number of H-pyrrole nitrogens is 1. The normalized spacial score (nSPS) is 12.2. The number of hydrogen-bond acceptors (Lipinski definition) is 2. The van der Waals surface area contributed by atoms with Crippen molar-refractivity contribution >= 4 is 5.97 Å². The summed E-state index contributed by atoms with van der Waals surface area (Å²) in [6.07, 6.45) is 0. The summed E-state index contributed by atoms with van der Waals surface area (Å²) < 4.78 is 5.85. The molecule has 0 aliphatic carbocycles. The second-order valence-corrected chi connectivity index (χ2v) is 6.19. The van der Waals surface area contributed by atoms with E-state index in [9.17, 15) is 9.90 Å². The lowest BCUT2D eigenvalue weighted by Gasteiger charge is -2.18. The highest BCUT2D eigenvalue weighted by Crippen LogP contribution is 2.43. The fraction of sp³-hybridized carbons (Fsp3) is 0.150. The number of para-hydroxylation sites is 1. The maximum absolute atomic E-state index is 11.8. The first-order valence-electron chi connectivity index (χ1n) is 7.83. The van der Waals surface area contributed by atoms with Crippen molar-refractivity contribution in [2.45, 2.75) is 20.5 Å². The molecule has 0 radical (unpaired) electrons. The Labute approximate surface area is 139 Å². The Morgan fingerprint density at radius 2 is 1.83 bits per heavy atom. The highest BCUT2D eigenvalue weighted by atomic mass is 16.5. The van der Waals surface area contributed by atoms with E-state index in [1.807, 2.05) is 50.2 Å². The van der Waals surface area contributed by atoms with Crippen molar-refractivity contribution in [1.82, 2.24) is 4.98 Å². The molecule has 24 heavy (non-hydrogen) atoms. The van der Waals surface area contributed by atoms with E-state index in [-0.39, 0.29) is 5.69 Å². The van der Waals surface area contributed by atoms with Crippen LogP contribution in [-0.4, -0.2) is 16.1 Å². The zero-order chi connectivity index (χ0) is 16.8. The first-order valence-corrected chi connectivity index (χ1v) is 7.83. The Bertz CT molecular complexity index is 949. The summed E-state index contributed by atoms with van der Waals surface area (Å²) in [5, 5.41) is 9.69. The van der Waals surface area contributed by atoms with Crippen LogP contribution >= 0.6 is 0 Å². The number of benzene rings is 2. The minimum atomic E-state index is -0.962. The van der Waals surface area contributed by atoms with Gasteiger partial charge in [0, 0.05) is 16.7 Å². The summed E-state index contributed by atoms with van der Waals surface area (Å²) in [6, 6.07) is 13.8. The van der Waals surface area contributed by atoms with Crippen molar-refractivity contribution in [2.24, 2.45) is 0 Å². The number of carbonyl (C=O) groups is 1. The lowest BCUT2D eigenvalue weighted by molar-refractivity contribution is 0.0692. The van der Waals surface area contributed by atoms with Gasteiger partial charge in [-0.25, -0.2) is 4.79 Å². The minimum Gasteiger partial charge on any atom is -0.488 e. The van der Waals surface area contributed by atoms with Crippen LogP contribution in [0.25, 0.3) is 22.4 Å². The molecular formula is C20H17NO3. The van der Waals surface area contributed by atoms with Gasteiger partial charge >= 0.3 is 5.97 Å². The van der Waals surface area contributed by atoms with Crippen LogP contribution in [0.3, 0.4) is 0 Å². The Kier molecular flexibility index (Phi) is 3.20. The second kappa shape index (κ2) is 5.27. The highest BCUT2D eigenvalue weighted by molar-refractivity contribution is 5.99. The van der Waals surface area contributed by atoms with Crippen molar-refractivity contribution in [2.75, 3.05) is 0 Å². The molecule has 2 N–H and O–H groups in total. The fourth-order valence-electron chi connectivity index (χ4n) is 3.46. The van der Waals surface area contributed by atoms with Gasteiger partial charge in [0.1, 0.15) is 18.1 Å². The summed E-state index contributed by atoms with van der Waals surface area (Å²) in [7, 11) is 0. The first kappa shape index (κ1) is 14.6. The molecule has 1 aliphatic rings. The van der Waals surface area contributed by atoms with Crippen LogP contribution in [0.5, 0.6) is 5.75 Å². The van der Waals surface area contributed by atoms with E-state index in [2.05, 4.69) is 11.1 Å². The van der Waals surface area contributed by atoms with Crippen molar-refractivity contribution in [3.8, 4) is 28.1 Å². The van der Waals surface area contributed by atoms with Crippen LogP contribution < -0.4 is 4.74 Å². The van der Waals surface area contributed by atoms with Crippen LogP contribution in [0, 0.1) is 13.8 Å². The maximum atomic E-state index is 11.8. The average molecular weight is 319 g/mol. The zero-order valence-electron chi connectivity index (χ0n) is 13.5. The number of rotatable bonds is 2. The van der Waals surface area contributed by atoms with E-state index >= 15 is 0 Å². The molecule has 0 bridgehead atoms. The van der Waals surface area contributed by atoms with Crippen LogP contribution in [0.2, 0.25) is 0 Å². The molecule has 2 aromatic carbocycles. The van der Waals surface area contributed by atoms with Gasteiger partial charge in [-0.05, 0) is 31.5 Å². The number of carboxylic acid groups (broad SMARTS) is 1. The number of aromatic nitrogens is 1. The van der Waals surface area contributed by atoms with Crippen LogP contribution in [0.4, 0.5) is 0 Å². The number of nitrogens with one attached hydrogen (secondary N) is 1. The summed E-state index contributed by atoms with van der Waals surface area (Å²) >= 11 is 0. The minimum absolute atomic E-state index is 0.213. The van der Waals surface area contributed by atoms with Gasteiger partial charge in [-0.2, -0.15) is 0 Å². The topological polar surface area (TPSA) is 62.3 Å². The number of aryl methyl sites for hydroxylation is 2. The predicted molar refractivity (Wildman–Crippen MR) is 92.4 cm³/mol. The number of ether oxygens (including phenoxy) is 1. The molecule has 0 unspecified atom stereocenters. The van der Waals surface area contributed by atoms with Gasteiger partial charge in [0.2, 0.25) is 0 Å². The van der Waals surface area contributed by atoms with E-state index < -0.39 is 5.97 Å². The molecule has 4 rings (SSSR count). The monoisotopic (exact) mass is 319 g/mol. The van der Waals surface area contributed by atoms with Gasteiger partial charge in [-0.1, -0.05) is 41.5 Å². The first-order chi connectivity index (χ1) is 11.5. The molecule has 1 aromatic heterocycles. The smallest absolute Gasteiger partial charge is 0.352 e. The van der Waals surface area contributed by atoms with Crippen molar-refractivity contribution in [3.63, 3.8) is 0 Å². The molecule has 0 atom stereocenters. The second-order valence-electron chi connectivity index (χ2n) is 6.19. The predicted octanol–water partition coefficient (Wildman–Crippen LogP) is 4.56. The molecule has 120 valence electrons. The molecule has 0 fully saturated rings. The number of carboxylic acids is 1. The fourth-order valence-corrected chi connectivity index (χ4v) is 3.46. The molecular weight excluding hydrogens is 302 g/mol. The molecule has 3 aromatic rings. The Hall–Kier alpha value is -3.01. The van der Waals surface area contributed by atoms with Gasteiger partial charge in [0.05, 0.1) is 5.69 Å². The zero-order valence-corrected chi connectivity index (χ0v) is 13.5. The lowest BCUT2D eigenvalue weighted by Crippen LogP contribution is -2.05. The number of fused-ring (bicyclic) bond motifs is 3. The Morgan fingerprint density at radius 3 is 2.54 bits per heavy atom. The number of aromatic carboxylic acids is 1. The van der Waals surface area contributed by atoms with Crippen molar-refractivity contribution < 1.29 is 14.6 Å². The number of hydrogen-bond donors (Lipinski definition) is 2. The highest BCUT2D eigenvalue weighted by Gasteiger charge is 2.28. The van der Waals surface area contributed by atoms with E-state index in [0.717, 1.165) is 44.8 Å². The van der Waals surface area contributed by atoms with Gasteiger partial charge < -0.3 is 14.8 Å². The van der Waals surface area contributed by atoms with Gasteiger partial charge in [0.25, 0.3) is 0 Å². The van der Waals surface area contributed by atoms with Gasteiger partial charge in [-0.15, -0.1) is 0 Å². The van der Waals surface area contributed by atoms with Gasteiger partial charge in [-0.3, -0.25) is 0 Å². The largest absolute Gasteiger partial charge is 0.488 e. The van der Waals surface area contributed by atoms with Crippen molar-refractivity contribution in [1.29, 1.82) is 0 Å². The summed E-state index contributed by atoms with van der Waals surface area (Å²) in [4.78, 5) is 14.9. The van der Waals surface area contributed by atoms with Crippen LogP contribution in [0.15, 0.2) is 42.5 Å². The van der Waals surface area contributed by atoms with Crippen molar-refractivity contribution in [3.05, 3.63) is 64.8 Å². The quantitative estimate of drug-likeness (QED) is 0.728. The molecule has 0 amide bonds. The Balaban J connectivity index is 2.02. The average Bonchev–Trinajstić information content (AvgIpc) is 2.94. The summed E-state index contributed by atoms with van der Waals surface area (Å²) in [6.45, 7) is 4.39. The third kappa shape index (κ3) is 2.19. The molecule has 4 heteroatoms. The van der Waals surface area contributed by atoms with Crippen LogP contribution in [-0.2, 0) is 6.61 Å². The Morgan fingerprint density at radius 1 is 1.12 bits per heavy atom. The van der Waals surface area contributed by atoms with E-state index in [1.54, 1.807) is 0 Å². The van der Waals surface area contributed by atoms with E-state index in [4.69, 9.17) is 4.74 Å². The van der Waals surface area contributed by atoms with Crippen LogP contribution in [0.1, 0.15) is 27.2 Å². The maximum Gasteiger partial charge on any atom is 0.352 e.